The van der Waals surface area contributed by atoms with E-state index in [0.717, 1.165) is 19.4 Å². The van der Waals surface area contributed by atoms with Crippen molar-refractivity contribution in [3.63, 3.8) is 0 Å². The van der Waals surface area contributed by atoms with Crippen LogP contribution < -0.4 is 0 Å². The molecule has 0 saturated carbocycles. The standard InChI is InChI=1S/C14H30OSi2/c1-7-8-14-17(5,6)15-12-10-9-11-13-16(2,3)4/h7-10,12,14H2,1-6H3. The van der Waals surface area contributed by atoms with E-state index in [9.17, 15) is 0 Å². The lowest BCUT2D eigenvalue weighted by molar-refractivity contribution is 0.301. The Balaban J connectivity index is 3.66. The highest BCUT2D eigenvalue weighted by atomic mass is 28.4. The highest BCUT2D eigenvalue weighted by molar-refractivity contribution is 6.83. The third kappa shape index (κ3) is 12.2. The Bertz CT molecular complexity index is 256. The van der Waals surface area contributed by atoms with E-state index >= 15 is 0 Å². The molecule has 100 valence electrons. The minimum absolute atomic E-state index is 0.906. The van der Waals surface area contributed by atoms with E-state index in [2.05, 4.69) is 51.1 Å². The number of unbranched alkanes of at least 4 members (excludes halogenated alkanes) is 2. The largest absolute Gasteiger partial charge is 0.417 e. The molecule has 0 aromatic heterocycles. The van der Waals surface area contributed by atoms with Gasteiger partial charge < -0.3 is 4.43 Å². The van der Waals surface area contributed by atoms with Crippen LogP contribution >= 0.6 is 0 Å². The maximum Gasteiger partial charge on any atom is 0.186 e. The molecule has 0 atom stereocenters. The summed E-state index contributed by atoms with van der Waals surface area (Å²) >= 11 is 0. The van der Waals surface area contributed by atoms with E-state index in [1.165, 1.54) is 18.9 Å². The van der Waals surface area contributed by atoms with Gasteiger partial charge in [-0.15, -0.1) is 11.5 Å². The minimum Gasteiger partial charge on any atom is -0.417 e. The molecule has 0 aliphatic heterocycles. The average molecular weight is 271 g/mol. The van der Waals surface area contributed by atoms with Crippen molar-refractivity contribution >= 4 is 16.4 Å². The van der Waals surface area contributed by atoms with Crippen molar-refractivity contribution in [3.05, 3.63) is 0 Å². The summed E-state index contributed by atoms with van der Waals surface area (Å²) in [7, 11) is -2.53. The molecule has 0 aromatic rings. The first-order valence-electron chi connectivity index (χ1n) is 6.91. The molecule has 0 N–H and O–H groups in total. The second-order valence-corrected chi connectivity index (χ2v) is 15.4. The van der Waals surface area contributed by atoms with E-state index in [1.807, 2.05) is 0 Å². The van der Waals surface area contributed by atoms with Gasteiger partial charge in [-0.2, -0.15) is 0 Å². The number of hydrogen-bond donors (Lipinski definition) is 0. The van der Waals surface area contributed by atoms with Gasteiger partial charge >= 0.3 is 0 Å². The van der Waals surface area contributed by atoms with Crippen molar-refractivity contribution in [2.45, 2.75) is 71.4 Å². The lowest BCUT2D eigenvalue weighted by Crippen LogP contribution is -2.30. The zero-order chi connectivity index (χ0) is 13.4. The topological polar surface area (TPSA) is 9.23 Å². The normalized spacial score (nSPS) is 12.1. The van der Waals surface area contributed by atoms with Crippen molar-refractivity contribution in [1.82, 2.24) is 0 Å². The fourth-order valence-electron chi connectivity index (χ4n) is 1.51. The van der Waals surface area contributed by atoms with Crippen LogP contribution in [0.3, 0.4) is 0 Å². The average Bonchev–Trinajstić information content (AvgIpc) is 2.19. The van der Waals surface area contributed by atoms with Crippen molar-refractivity contribution in [1.29, 1.82) is 0 Å². The Morgan fingerprint density at radius 3 is 2.18 bits per heavy atom. The fourth-order valence-corrected chi connectivity index (χ4v) is 4.21. The molecule has 0 rings (SSSR count). The molecule has 3 heteroatoms. The van der Waals surface area contributed by atoms with Crippen LogP contribution in [0, 0.1) is 11.5 Å². The Morgan fingerprint density at radius 2 is 1.65 bits per heavy atom. The predicted molar refractivity (Wildman–Crippen MR) is 83.5 cm³/mol. The van der Waals surface area contributed by atoms with Gasteiger partial charge in [0.25, 0.3) is 0 Å². The van der Waals surface area contributed by atoms with Gasteiger partial charge in [-0.25, -0.2) is 0 Å². The molecule has 0 radical (unpaired) electrons. The molecule has 0 unspecified atom stereocenters. The second-order valence-electron chi connectivity index (χ2n) is 6.37. The zero-order valence-electron chi connectivity index (χ0n) is 12.7. The minimum atomic E-state index is -1.36. The van der Waals surface area contributed by atoms with Gasteiger partial charge in [-0.3, -0.25) is 0 Å². The van der Waals surface area contributed by atoms with Crippen molar-refractivity contribution in [2.75, 3.05) is 6.61 Å². The summed E-state index contributed by atoms with van der Waals surface area (Å²) in [5.41, 5.74) is 3.40. The Morgan fingerprint density at radius 1 is 1.00 bits per heavy atom. The highest BCUT2D eigenvalue weighted by Gasteiger charge is 2.20. The molecule has 0 fully saturated rings. The zero-order valence-corrected chi connectivity index (χ0v) is 14.7. The Hall–Kier alpha value is -0.0462. The lowest BCUT2D eigenvalue weighted by atomic mass is 10.3. The van der Waals surface area contributed by atoms with Crippen molar-refractivity contribution in [3.8, 4) is 11.5 Å². The summed E-state index contributed by atoms with van der Waals surface area (Å²) in [5.74, 6) is 3.30. The van der Waals surface area contributed by atoms with E-state index < -0.39 is 16.4 Å². The van der Waals surface area contributed by atoms with Gasteiger partial charge in [0.15, 0.2) is 8.32 Å². The molecule has 0 heterocycles. The molecule has 0 aliphatic carbocycles. The fraction of sp³-hybridized carbons (Fsp3) is 0.857. The third-order valence-corrected chi connectivity index (χ3v) is 6.00. The monoisotopic (exact) mass is 270 g/mol. The maximum absolute atomic E-state index is 6.05. The first kappa shape index (κ1) is 17.0. The van der Waals surface area contributed by atoms with E-state index in [4.69, 9.17) is 4.43 Å². The molecular weight excluding hydrogens is 240 g/mol. The molecule has 0 spiro atoms. The Kier molecular flexibility index (Phi) is 8.10. The third-order valence-electron chi connectivity index (χ3n) is 2.53. The van der Waals surface area contributed by atoms with Crippen LogP contribution in [0.5, 0.6) is 0 Å². The van der Waals surface area contributed by atoms with Gasteiger partial charge in [-0.05, 0) is 25.6 Å². The highest BCUT2D eigenvalue weighted by Crippen LogP contribution is 2.15. The Labute approximate surface area is 110 Å². The smallest absolute Gasteiger partial charge is 0.186 e. The van der Waals surface area contributed by atoms with Crippen LogP contribution in [0.2, 0.25) is 38.8 Å². The van der Waals surface area contributed by atoms with Crippen LogP contribution in [0.4, 0.5) is 0 Å². The molecule has 17 heavy (non-hydrogen) atoms. The molecule has 1 nitrogen and oxygen atoms in total. The molecule has 0 aliphatic rings. The van der Waals surface area contributed by atoms with Gasteiger partial charge in [0.1, 0.15) is 8.07 Å². The van der Waals surface area contributed by atoms with Crippen LogP contribution in [0.25, 0.3) is 0 Å². The lowest BCUT2D eigenvalue weighted by Gasteiger charge is -2.22. The van der Waals surface area contributed by atoms with Gasteiger partial charge in [-0.1, -0.05) is 39.4 Å². The first-order chi connectivity index (χ1) is 7.77. The summed E-state index contributed by atoms with van der Waals surface area (Å²) < 4.78 is 6.05. The van der Waals surface area contributed by atoms with Gasteiger partial charge in [0, 0.05) is 13.0 Å². The number of hydrogen-bond acceptors (Lipinski definition) is 1. The summed E-state index contributed by atoms with van der Waals surface area (Å²) in [5, 5.41) is 0. The summed E-state index contributed by atoms with van der Waals surface area (Å²) in [6.07, 6.45) is 4.69. The van der Waals surface area contributed by atoms with Gasteiger partial charge in [0.05, 0.1) is 0 Å². The summed E-state index contributed by atoms with van der Waals surface area (Å²) in [6.45, 7) is 14.7. The quantitative estimate of drug-likeness (QED) is 0.371. The summed E-state index contributed by atoms with van der Waals surface area (Å²) in [4.78, 5) is 0. The van der Waals surface area contributed by atoms with E-state index in [0.29, 0.717) is 0 Å². The predicted octanol–water partition coefficient (Wildman–Crippen LogP) is 4.67. The molecule has 0 amide bonds. The SMILES string of the molecule is CCCC[Si](C)(C)OCCCC#C[Si](C)(C)C. The van der Waals surface area contributed by atoms with E-state index in [1.54, 1.807) is 0 Å². The number of rotatable bonds is 7. The maximum atomic E-state index is 6.05. The molecule has 0 saturated heterocycles. The van der Waals surface area contributed by atoms with E-state index in [-0.39, 0.29) is 0 Å². The summed E-state index contributed by atoms with van der Waals surface area (Å²) in [6, 6.07) is 1.30. The molecular formula is C14H30OSi2. The molecule has 0 aromatic carbocycles. The van der Waals surface area contributed by atoms with Gasteiger partial charge in [0.2, 0.25) is 0 Å². The van der Waals surface area contributed by atoms with Crippen LogP contribution in [-0.2, 0) is 4.43 Å². The first-order valence-corrected chi connectivity index (χ1v) is 13.5. The molecule has 0 bridgehead atoms. The van der Waals surface area contributed by atoms with Crippen LogP contribution in [-0.4, -0.2) is 23.0 Å². The van der Waals surface area contributed by atoms with Crippen molar-refractivity contribution < 1.29 is 4.43 Å². The van der Waals surface area contributed by atoms with Crippen LogP contribution in [0.15, 0.2) is 0 Å². The van der Waals surface area contributed by atoms with Crippen molar-refractivity contribution in [2.24, 2.45) is 0 Å². The second kappa shape index (κ2) is 8.13. The van der Waals surface area contributed by atoms with Crippen LogP contribution in [0.1, 0.15) is 32.6 Å².